The second kappa shape index (κ2) is 8.49. The fraction of sp³-hybridized carbons (Fsp3) is 0.150. The fourth-order valence-corrected chi connectivity index (χ4v) is 3.34. The van der Waals surface area contributed by atoms with Gasteiger partial charge in [-0.2, -0.15) is 0 Å². The van der Waals surface area contributed by atoms with Gasteiger partial charge in [0.05, 0.1) is 12.9 Å². The quantitative estimate of drug-likeness (QED) is 0.341. The van der Waals surface area contributed by atoms with Crippen molar-refractivity contribution in [2.45, 2.75) is 11.7 Å². The average molecular weight is 365 g/mol. The van der Waals surface area contributed by atoms with E-state index in [0.29, 0.717) is 23.0 Å². The molecule has 1 heterocycles. The summed E-state index contributed by atoms with van der Waals surface area (Å²) in [6.45, 7) is 4.37. The van der Waals surface area contributed by atoms with Crippen LogP contribution in [0.5, 0.6) is 5.75 Å². The molecule has 3 aromatic rings. The summed E-state index contributed by atoms with van der Waals surface area (Å²) in [5, 5.41) is 9.26. The number of methoxy groups -OCH3 is 1. The number of Topliss-reactive ketones (excluding diaryl/α,β-unsaturated/α-hetero) is 1. The maximum absolute atomic E-state index is 12.3. The molecule has 5 nitrogen and oxygen atoms in total. The van der Waals surface area contributed by atoms with Crippen LogP contribution >= 0.6 is 11.8 Å². The van der Waals surface area contributed by atoms with Crippen molar-refractivity contribution >= 4 is 17.5 Å². The first-order valence-electron chi connectivity index (χ1n) is 8.12. The molecule has 0 N–H and O–H groups in total. The van der Waals surface area contributed by atoms with Gasteiger partial charge in [-0.25, -0.2) is 0 Å². The van der Waals surface area contributed by atoms with E-state index in [-0.39, 0.29) is 5.78 Å². The van der Waals surface area contributed by atoms with E-state index in [9.17, 15) is 4.79 Å². The van der Waals surface area contributed by atoms with Crippen LogP contribution in [-0.2, 0) is 6.54 Å². The van der Waals surface area contributed by atoms with Gasteiger partial charge in [0.15, 0.2) is 16.8 Å². The number of hydrogen-bond donors (Lipinski definition) is 0. The van der Waals surface area contributed by atoms with Gasteiger partial charge in [-0.1, -0.05) is 60.3 Å². The number of rotatable bonds is 8. The summed E-state index contributed by atoms with van der Waals surface area (Å²) < 4.78 is 7.23. The zero-order valence-corrected chi connectivity index (χ0v) is 15.3. The molecule has 3 rings (SSSR count). The summed E-state index contributed by atoms with van der Waals surface area (Å²) >= 11 is 1.38. The van der Waals surface area contributed by atoms with Crippen molar-refractivity contribution in [1.29, 1.82) is 0 Å². The highest BCUT2D eigenvalue weighted by atomic mass is 32.2. The van der Waals surface area contributed by atoms with Gasteiger partial charge in [-0.05, 0) is 12.1 Å². The van der Waals surface area contributed by atoms with E-state index in [2.05, 4.69) is 16.8 Å². The Morgan fingerprint density at radius 3 is 2.73 bits per heavy atom. The topological polar surface area (TPSA) is 57.0 Å². The van der Waals surface area contributed by atoms with Gasteiger partial charge in [0.2, 0.25) is 0 Å². The molecule has 0 bridgehead atoms. The Kier molecular flexibility index (Phi) is 5.86. The largest absolute Gasteiger partial charge is 0.497 e. The van der Waals surface area contributed by atoms with Crippen LogP contribution in [0.2, 0.25) is 0 Å². The maximum Gasteiger partial charge on any atom is 0.192 e. The van der Waals surface area contributed by atoms with E-state index in [1.165, 1.54) is 11.8 Å². The molecular formula is C20H19N3O2S. The minimum Gasteiger partial charge on any atom is -0.497 e. The Bertz CT molecular complexity index is 906. The number of carbonyl (C=O) groups is 1. The standard InChI is InChI=1S/C20H19N3O2S/c1-3-12-23-19(16-10-7-11-17(13-16)25-2)21-22-20(23)26-14-18(24)15-8-5-4-6-9-15/h3-11,13H,1,12,14H2,2H3. The Hall–Kier alpha value is -2.86. The molecule has 0 amide bonds. The molecule has 132 valence electrons. The van der Waals surface area contributed by atoms with Crippen molar-refractivity contribution in [1.82, 2.24) is 14.8 Å². The van der Waals surface area contributed by atoms with Gasteiger partial charge in [0.25, 0.3) is 0 Å². The number of allylic oxidation sites excluding steroid dienone is 1. The third kappa shape index (κ3) is 4.03. The number of benzene rings is 2. The first-order valence-corrected chi connectivity index (χ1v) is 9.11. The smallest absolute Gasteiger partial charge is 0.192 e. The van der Waals surface area contributed by atoms with Crippen LogP contribution in [0.25, 0.3) is 11.4 Å². The number of hydrogen-bond acceptors (Lipinski definition) is 5. The third-order valence-electron chi connectivity index (χ3n) is 3.78. The second-order valence-corrected chi connectivity index (χ2v) is 6.46. The second-order valence-electron chi connectivity index (χ2n) is 5.52. The van der Waals surface area contributed by atoms with Gasteiger partial charge in [0.1, 0.15) is 5.75 Å². The van der Waals surface area contributed by atoms with E-state index in [4.69, 9.17) is 4.74 Å². The fourth-order valence-electron chi connectivity index (χ4n) is 2.50. The molecule has 26 heavy (non-hydrogen) atoms. The summed E-state index contributed by atoms with van der Waals surface area (Å²) in [5.74, 6) is 1.84. The lowest BCUT2D eigenvalue weighted by Gasteiger charge is -2.08. The molecule has 2 aromatic carbocycles. The minimum atomic E-state index is 0.0617. The molecule has 0 aliphatic heterocycles. The molecular weight excluding hydrogens is 346 g/mol. The van der Waals surface area contributed by atoms with E-state index in [0.717, 1.165) is 17.1 Å². The summed E-state index contributed by atoms with van der Waals surface area (Å²) in [5.41, 5.74) is 1.60. The zero-order chi connectivity index (χ0) is 18.4. The molecule has 0 saturated heterocycles. The molecule has 0 unspecified atom stereocenters. The SMILES string of the molecule is C=CCn1c(SCC(=O)c2ccccc2)nnc1-c1cccc(OC)c1. The third-order valence-corrected chi connectivity index (χ3v) is 4.75. The van der Waals surface area contributed by atoms with Crippen molar-refractivity contribution in [3.8, 4) is 17.1 Å². The van der Waals surface area contributed by atoms with Crippen molar-refractivity contribution < 1.29 is 9.53 Å². The van der Waals surface area contributed by atoms with Gasteiger partial charge < -0.3 is 4.74 Å². The zero-order valence-electron chi connectivity index (χ0n) is 14.5. The Morgan fingerprint density at radius 2 is 2.00 bits per heavy atom. The summed E-state index contributed by atoms with van der Waals surface area (Å²) in [6, 6.07) is 16.9. The van der Waals surface area contributed by atoms with Crippen LogP contribution in [0.4, 0.5) is 0 Å². The van der Waals surface area contributed by atoms with Crippen LogP contribution in [-0.4, -0.2) is 33.4 Å². The Labute approximate surface area is 156 Å². The highest BCUT2D eigenvalue weighted by molar-refractivity contribution is 7.99. The molecule has 0 saturated carbocycles. The first kappa shape index (κ1) is 17.9. The van der Waals surface area contributed by atoms with Crippen LogP contribution in [0, 0.1) is 0 Å². The molecule has 0 spiro atoms. The lowest BCUT2D eigenvalue weighted by atomic mass is 10.2. The van der Waals surface area contributed by atoms with E-state index in [1.54, 1.807) is 13.2 Å². The summed E-state index contributed by atoms with van der Waals surface area (Å²) in [7, 11) is 1.63. The predicted molar refractivity (Wildman–Crippen MR) is 104 cm³/mol. The molecule has 0 aliphatic carbocycles. The monoisotopic (exact) mass is 365 g/mol. The number of nitrogens with zero attached hydrogens (tertiary/aromatic N) is 3. The molecule has 0 radical (unpaired) electrons. The average Bonchev–Trinajstić information content (AvgIpc) is 3.10. The van der Waals surface area contributed by atoms with Crippen LogP contribution < -0.4 is 4.74 Å². The number of carbonyl (C=O) groups excluding carboxylic acids is 1. The highest BCUT2D eigenvalue weighted by Crippen LogP contribution is 2.27. The number of thioether (sulfide) groups is 1. The molecule has 0 aliphatic rings. The molecule has 0 fully saturated rings. The van der Waals surface area contributed by atoms with Crippen molar-refractivity contribution in [2.75, 3.05) is 12.9 Å². The first-order chi connectivity index (χ1) is 12.7. The van der Waals surface area contributed by atoms with Crippen LogP contribution in [0.1, 0.15) is 10.4 Å². The Balaban J connectivity index is 1.83. The van der Waals surface area contributed by atoms with Crippen molar-refractivity contribution in [2.24, 2.45) is 0 Å². The lowest BCUT2D eigenvalue weighted by molar-refractivity contribution is 0.102. The molecule has 0 atom stereocenters. The molecule has 1 aromatic heterocycles. The van der Waals surface area contributed by atoms with Gasteiger partial charge in [0, 0.05) is 17.7 Å². The van der Waals surface area contributed by atoms with Crippen molar-refractivity contribution in [3.05, 3.63) is 72.8 Å². The van der Waals surface area contributed by atoms with Gasteiger partial charge in [-0.3, -0.25) is 9.36 Å². The number of ether oxygens (including phenoxy) is 1. The number of ketones is 1. The highest BCUT2D eigenvalue weighted by Gasteiger charge is 2.16. The number of aromatic nitrogens is 3. The van der Waals surface area contributed by atoms with E-state index >= 15 is 0 Å². The normalized spacial score (nSPS) is 10.5. The maximum atomic E-state index is 12.3. The van der Waals surface area contributed by atoms with E-state index in [1.807, 2.05) is 59.2 Å². The Morgan fingerprint density at radius 1 is 1.19 bits per heavy atom. The van der Waals surface area contributed by atoms with Crippen LogP contribution in [0.15, 0.2) is 72.4 Å². The minimum absolute atomic E-state index is 0.0617. The lowest BCUT2D eigenvalue weighted by Crippen LogP contribution is -2.05. The van der Waals surface area contributed by atoms with Gasteiger partial charge in [-0.15, -0.1) is 16.8 Å². The molecule has 6 heteroatoms. The predicted octanol–water partition coefficient (Wildman–Crippen LogP) is 4.11. The van der Waals surface area contributed by atoms with E-state index < -0.39 is 0 Å². The summed E-state index contributed by atoms with van der Waals surface area (Å²) in [4.78, 5) is 12.3. The van der Waals surface area contributed by atoms with Gasteiger partial charge >= 0.3 is 0 Å². The summed E-state index contributed by atoms with van der Waals surface area (Å²) in [6.07, 6.45) is 1.79. The van der Waals surface area contributed by atoms with Crippen molar-refractivity contribution in [3.63, 3.8) is 0 Å². The van der Waals surface area contributed by atoms with Crippen LogP contribution in [0.3, 0.4) is 0 Å².